The van der Waals surface area contributed by atoms with Crippen LogP contribution in [0.4, 0.5) is 0 Å². The lowest BCUT2D eigenvalue weighted by molar-refractivity contribution is -0.142. The van der Waals surface area contributed by atoms with Crippen molar-refractivity contribution in [1.82, 2.24) is 16.0 Å². The Hall–Kier alpha value is -3.07. The molecule has 0 saturated carbocycles. The van der Waals surface area contributed by atoms with Crippen molar-refractivity contribution in [3.05, 3.63) is 0 Å². The van der Waals surface area contributed by atoms with Crippen molar-refractivity contribution in [3.63, 3.8) is 0 Å². The summed E-state index contributed by atoms with van der Waals surface area (Å²) in [5.41, 5.74) is 21.4. The fourth-order valence-electron chi connectivity index (χ4n) is 2.80. The minimum Gasteiger partial charge on any atom is -0.480 e. The van der Waals surface area contributed by atoms with Gasteiger partial charge in [-0.3, -0.25) is 24.2 Å². The molecule has 0 aliphatic carbocycles. The topological polar surface area (TPSA) is 258 Å². The number of hydrogen-bond donors (Lipinski definition) is 9. The molecular formula is C19H36N8O6S. The Kier molecular flexibility index (Phi) is 14.3. The zero-order valence-corrected chi connectivity index (χ0v) is 20.2. The Morgan fingerprint density at radius 3 is 1.91 bits per heavy atom. The maximum Gasteiger partial charge on any atom is 0.326 e. The van der Waals surface area contributed by atoms with Crippen molar-refractivity contribution in [3.8, 4) is 0 Å². The van der Waals surface area contributed by atoms with Gasteiger partial charge in [0.2, 0.25) is 23.6 Å². The second-order valence-electron chi connectivity index (χ2n) is 8.06. The third kappa shape index (κ3) is 12.8. The van der Waals surface area contributed by atoms with Gasteiger partial charge in [-0.1, -0.05) is 13.8 Å². The number of carbonyl (C=O) groups excluding carboxylic acids is 4. The van der Waals surface area contributed by atoms with Crippen molar-refractivity contribution < 1.29 is 29.1 Å². The summed E-state index contributed by atoms with van der Waals surface area (Å²) in [6, 6.07) is -4.82. The van der Waals surface area contributed by atoms with E-state index in [1.54, 1.807) is 0 Å². The van der Waals surface area contributed by atoms with Crippen LogP contribution < -0.4 is 38.9 Å². The molecule has 0 aromatic rings. The molecule has 0 aromatic carbocycles. The van der Waals surface area contributed by atoms with Gasteiger partial charge in [0.05, 0.1) is 12.5 Å². The van der Waals surface area contributed by atoms with Gasteiger partial charge < -0.3 is 44.0 Å². The molecule has 4 amide bonds. The van der Waals surface area contributed by atoms with Crippen molar-refractivity contribution in [2.75, 3.05) is 12.3 Å². The van der Waals surface area contributed by atoms with Gasteiger partial charge in [0.25, 0.3) is 0 Å². The predicted octanol–water partition coefficient (Wildman–Crippen LogP) is -3.24. The molecule has 0 heterocycles. The molecule has 0 saturated heterocycles. The molecule has 194 valence electrons. The SMILES string of the molecule is CC(C)CC(N)C(=O)NC(CC(N)=O)C(=O)NC(CS)C(=O)NC(CCCN=C(N)N)C(=O)O. The Morgan fingerprint density at radius 2 is 1.44 bits per heavy atom. The summed E-state index contributed by atoms with van der Waals surface area (Å²) >= 11 is 4.02. The number of carboxylic acids is 1. The molecule has 0 aliphatic heterocycles. The van der Waals surface area contributed by atoms with Gasteiger partial charge in [-0.25, -0.2) is 4.79 Å². The second-order valence-corrected chi connectivity index (χ2v) is 8.42. The van der Waals surface area contributed by atoms with Crippen LogP contribution >= 0.6 is 12.6 Å². The summed E-state index contributed by atoms with van der Waals surface area (Å²) < 4.78 is 0. The lowest BCUT2D eigenvalue weighted by Crippen LogP contribution is -2.58. The fraction of sp³-hybridized carbons (Fsp3) is 0.684. The molecule has 0 aromatic heterocycles. The lowest BCUT2D eigenvalue weighted by atomic mass is 10.0. The Balaban J connectivity index is 5.21. The zero-order chi connectivity index (χ0) is 26.4. The number of nitrogens with zero attached hydrogens (tertiary/aromatic N) is 1. The smallest absolute Gasteiger partial charge is 0.326 e. The molecule has 0 radical (unpaired) electrons. The van der Waals surface area contributed by atoms with Crippen LogP contribution in [0, 0.1) is 5.92 Å². The number of carbonyl (C=O) groups is 5. The number of aliphatic imine (C=N–C) groups is 1. The Labute approximate surface area is 203 Å². The van der Waals surface area contributed by atoms with Gasteiger partial charge in [-0.2, -0.15) is 12.6 Å². The largest absolute Gasteiger partial charge is 0.480 e. The number of thiol groups is 1. The van der Waals surface area contributed by atoms with Gasteiger partial charge >= 0.3 is 5.97 Å². The highest BCUT2D eigenvalue weighted by atomic mass is 32.1. The van der Waals surface area contributed by atoms with E-state index in [2.05, 4.69) is 33.6 Å². The van der Waals surface area contributed by atoms with Crippen LogP contribution in [0.25, 0.3) is 0 Å². The number of primary amides is 1. The highest BCUT2D eigenvalue weighted by molar-refractivity contribution is 7.80. The maximum atomic E-state index is 12.7. The number of nitrogens with two attached hydrogens (primary N) is 4. The van der Waals surface area contributed by atoms with E-state index in [0.29, 0.717) is 6.42 Å². The quantitative estimate of drug-likeness (QED) is 0.0442. The van der Waals surface area contributed by atoms with Crippen LogP contribution in [0.2, 0.25) is 0 Å². The van der Waals surface area contributed by atoms with Crippen molar-refractivity contribution in [1.29, 1.82) is 0 Å². The van der Waals surface area contributed by atoms with Crippen LogP contribution in [0.1, 0.15) is 39.5 Å². The third-order valence-electron chi connectivity index (χ3n) is 4.48. The summed E-state index contributed by atoms with van der Waals surface area (Å²) in [4.78, 5) is 64.1. The minimum absolute atomic E-state index is 0.0270. The molecule has 15 heteroatoms. The first-order valence-electron chi connectivity index (χ1n) is 10.6. The van der Waals surface area contributed by atoms with Crippen molar-refractivity contribution in [2.45, 2.75) is 63.7 Å². The predicted molar refractivity (Wildman–Crippen MR) is 128 cm³/mol. The second kappa shape index (κ2) is 15.7. The van der Waals surface area contributed by atoms with Gasteiger partial charge in [0.15, 0.2) is 5.96 Å². The van der Waals surface area contributed by atoms with Crippen LogP contribution in [0.15, 0.2) is 4.99 Å². The van der Waals surface area contributed by atoms with Gasteiger partial charge in [-0.15, -0.1) is 0 Å². The monoisotopic (exact) mass is 504 g/mol. The summed E-state index contributed by atoms with van der Waals surface area (Å²) in [6.45, 7) is 3.89. The van der Waals surface area contributed by atoms with E-state index in [4.69, 9.17) is 22.9 Å². The normalized spacial score (nSPS) is 14.3. The first kappa shape index (κ1) is 30.9. The lowest BCUT2D eigenvalue weighted by Gasteiger charge is -2.24. The van der Waals surface area contributed by atoms with Crippen LogP contribution in [-0.2, 0) is 24.0 Å². The van der Waals surface area contributed by atoms with Crippen molar-refractivity contribution >= 4 is 48.2 Å². The molecule has 0 aliphatic rings. The van der Waals surface area contributed by atoms with E-state index in [1.807, 2.05) is 13.8 Å². The number of guanidine groups is 1. The number of carboxylic acid groups (broad SMARTS) is 1. The molecule has 0 rings (SSSR count). The number of rotatable bonds is 16. The van der Waals surface area contributed by atoms with Crippen molar-refractivity contribution in [2.24, 2.45) is 33.8 Å². The fourth-order valence-corrected chi connectivity index (χ4v) is 3.06. The molecule has 12 N–H and O–H groups in total. The molecule has 4 atom stereocenters. The first-order valence-corrected chi connectivity index (χ1v) is 11.3. The average molecular weight is 505 g/mol. The number of amides is 4. The summed E-state index contributed by atoms with van der Waals surface area (Å²) in [6.07, 6.45) is 0.114. The third-order valence-corrected chi connectivity index (χ3v) is 4.84. The Bertz CT molecular complexity index is 759. The highest BCUT2D eigenvalue weighted by Gasteiger charge is 2.30. The van der Waals surface area contributed by atoms with Crippen LogP contribution in [0.3, 0.4) is 0 Å². The van der Waals surface area contributed by atoms with E-state index in [9.17, 15) is 29.1 Å². The molecule has 0 spiro atoms. The number of hydrogen-bond acceptors (Lipinski definition) is 8. The maximum absolute atomic E-state index is 12.7. The van der Waals surface area contributed by atoms with E-state index in [0.717, 1.165) is 0 Å². The highest BCUT2D eigenvalue weighted by Crippen LogP contribution is 2.05. The Morgan fingerprint density at radius 1 is 0.912 bits per heavy atom. The molecule has 14 nitrogen and oxygen atoms in total. The van der Waals surface area contributed by atoms with Crippen LogP contribution in [-0.4, -0.2) is 77.1 Å². The van der Waals surface area contributed by atoms with Gasteiger partial charge in [-0.05, 0) is 25.2 Å². The van der Waals surface area contributed by atoms with Gasteiger partial charge in [0, 0.05) is 12.3 Å². The average Bonchev–Trinajstić information content (AvgIpc) is 2.71. The minimum atomic E-state index is -1.38. The van der Waals surface area contributed by atoms with E-state index >= 15 is 0 Å². The summed E-state index contributed by atoms with van der Waals surface area (Å²) in [5.74, 6) is -4.73. The first-order chi connectivity index (χ1) is 15.8. The summed E-state index contributed by atoms with van der Waals surface area (Å²) in [7, 11) is 0. The molecule has 0 bridgehead atoms. The van der Waals surface area contributed by atoms with Gasteiger partial charge in [0.1, 0.15) is 18.1 Å². The zero-order valence-electron chi connectivity index (χ0n) is 19.3. The molecular weight excluding hydrogens is 468 g/mol. The molecule has 34 heavy (non-hydrogen) atoms. The van der Waals surface area contributed by atoms with Crippen LogP contribution in [0.5, 0.6) is 0 Å². The number of aliphatic carboxylic acids is 1. The summed E-state index contributed by atoms with van der Waals surface area (Å²) in [5, 5.41) is 16.4. The van der Waals surface area contributed by atoms with E-state index < -0.39 is 60.2 Å². The molecule has 4 unspecified atom stereocenters. The van der Waals surface area contributed by atoms with E-state index in [1.165, 1.54) is 0 Å². The number of nitrogens with one attached hydrogen (secondary N) is 3. The molecule has 0 fully saturated rings. The van der Waals surface area contributed by atoms with E-state index in [-0.39, 0.29) is 37.0 Å². The standard InChI is InChI=1S/C19H36N8O6S/c1-9(2)6-10(20)15(29)26-12(7-14(21)28)16(30)27-13(8-34)17(31)25-11(18(32)33)4-3-5-24-19(22)23/h9-13,34H,3-8,20H2,1-2H3,(H2,21,28)(H,25,31)(H,26,29)(H,27,30)(H,32,33)(H4,22,23,24).